The first-order chi connectivity index (χ1) is 44.5. The van der Waals surface area contributed by atoms with E-state index in [-0.39, 0.29) is 76.0 Å². The smallest absolute Gasteiger partial charge is 0.373 e. The van der Waals surface area contributed by atoms with Crippen molar-refractivity contribution in [3.63, 3.8) is 0 Å². The molecule has 0 amide bonds. The van der Waals surface area contributed by atoms with Crippen LogP contribution in [0.2, 0.25) is 0 Å². The van der Waals surface area contributed by atoms with Crippen molar-refractivity contribution in [1.29, 1.82) is 0 Å². The molecule has 6 aliphatic rings. The fourth-order valence-electron chi connectivity index (χ4n) is 12.3. The summed E-state index contributed by atoms with van der Waals surface area (Å²) in [5.74, 6) is 1.54. The maximum Gasteiger partial charge on any atom is 0.397 e. The molecule has 0 aliphatic carbocycles. The first kappa shape index (κ1) is 73.5. The van der Waals surface area contributed by atoms with E-state index >= 15 is 0 Å². The Kier molecular flexibility index (Phi) is 27.8. The van der Waals surface area contributed by atoms with Crippen LogP contribution in [0, 0.1) is 36.0 Å². The van der Waals surface area contributed by atoms with Crippen molar-refractivity contribution in [3.8, 4) is 12.3 Å². The lowest BCUT2D eigenvalue weighted by Crippen LogP contribution is -2.56. The minimum absolute atomic E-state index is 0.0592. The highest BCUT2D eigenvalue weighted by molar-refractivity contribution is 7.81. The predicted octanol–water partition coefficient (Wildman–Crippen LogP) is 6.69. The Morgan fingerprint density at radius 2 is 0.763 bits per heavy atom. The van der Waals surface area contributed by atoms with Crippen molar-refractivity contribution >= 4 is 31.2 Å². The van der Waals surface area contributed by atoms with Crippen molar-refractivity contribution in [1.82, 2.24) is 0 Å². The number of terminal acetylenes is 1. The van der Waals surface area contributed by atoms with Crippen LogP contribution in [0.25, 0.3) is 0 Å². The molecule has 0 saturated carbocycles. The third kappa shape index (κ3) is 23.7. The van der Waals surface area contributed by atoms with Crippen LogP contribution < -0.4 is 0 Å². The van der Waals surface area contributed by atoms with Gasteiger partial charge in [-0.1, -0.05) is 119 Å². The molecule has 4 unspecified atom stereocenters. The van der Waals surface area contributed by atoms with Crippen LogP contribution in [0.1, 0.15) is 95.8 Å². The lowest BCUT2D eigenvalue weighted by atomic mass is 9.92. The molecule has 27 nitrogen and oxygen atoms in total. The molecule has 0 aromatic heterocycles. The lowest BCUT2D eigenvalue weighted by Gasteiger charge is -2.46. The molecular formula is C63H88O27S3. The van der Waals surface area contributed by atoms with Gasteiger partial charge in [-0.2, -0.15) is 25.3 Å². The Morgan fingerprint density at radius 3 is 1.14 bits per heavy atom. The van der Waals surface area contributed by atoms with Gasteiger partial charge in [-0.15, -0.1) is 12.3 Å². The summed E-state index contributed by atoms with van der Waals surface area (Å²) in [5.41, 5.74) is 2.74. The summed E-state index contributed by atoms with van der Waals surface area (Å²) < 4.78 is 212. The van der Waals surface area contributed by atoms with Crippen LogP contribution in [0.4, 0.5) is 0 Å². The van der Waals surface area contributed by atoms with Crippen LogP contribution in [-0.2, 0) is 135 Å². The third-order valence-electron chi connectivity index (χ3n) is 17.0. The van der Waals surface area contributed by atoms with Gasteiger partial charge in [-0.25, -0.2) is 12.5 Å². The fourth-order valence-corrected chi connectivity index (χ4v) is 13.2. The second-order valence-electron chi connectivity index (χ2n) is 24.4. The second kappa shape index (κ2) is 35.1. The monoisotopic (exact) mass is 1370 g/mol. The van der Waals surface area contributed by atoms with E-state index in [9.17, 15) is 38.9 Å². The fraction of sp³-hybridized carbons (Fsp3) is 0.683. The number of rotatable bonds is 32. The van der Waals surface area contributed by atoms with Crippen LogP contribution in [0.3, 0.4) is 0 Å². The highest BCUT2D eigenvalue weighted by atomic mass is 32.3. The SMILES string of the molecule is C#CCCCOC1C[C@@H](C)[C@@H](O[C@H]2C[C@H](OCc3ccccc3)[C@@H](O[C@H]3C[C@@H](C)[C@@H](O[C@H]4C[C@H](OCc5ccccc5)[C@@H](O[C@H]5C[C@@H](C)[C@@H](O[C@H]6C[C@H](OCc7ccccc7)[C@@H](C)CO6)C(COS(=O)(=O)O)O5)CO4)C(COS(=O)(=O)O)O3)CO2)C(COS(=O)(=O)O)O1. The maximum atomic E-state index is 12.2. The zero-order valence-corrected chi connectivity index (χ0v) is 54.9. The normalized spacial score (nSPS) is 34.8. The molecule has 0 bridgehead atoms. The molecule has 0 radical (unpaired) electrons. The van der Waals surface area contributed by atoms with E-state index in [0.29, 0.717) is 45.5 Å². The van der Waals surface area contributed by atoms with E-state index in [1.54, 1.807) is 0 Å². The maximum absolute atomic E-state index is 12.2. The van der Waals surface area contributed by atoms with Gasteiger partial charge in [0.1, 0.15) is 30.5 Å². The van der Waals surface area contributed by atoms with E-state index in [1.165, 1.54) is 0 Å². The van der Waals surface area contributed by atoms with Crippen LogP contribution in [0.5, 0.6) is 0 Å². The zero-order valence-electron chi connectivity index (χ0n) is 52.5. The van der Waals surface area contributed by atoms with Crippen LogP contribution >= 0.6 is 0 Å². The number of hydrogen-bond acceptors (Lipinski definition) is 24. The second-order valence-corrected chi connectivity index (χ2v) is 27.7. The average molecular weight is 1370 g/mol. The Labute approximate surface area is 544 Å². The Hall–Kier alpha value is -3.77. The molecular weight excluding hydrogens is 1280 g/mol. The zero-order chi connectivity index (χ0) is 66.1. The average Bonchev–Trinajstić information content (AvgIpc) is 0.841. The molecule has 6 fully saturated rings. The predicted molar refractivity (Wildman–Crippen MR) is 326 cm³/mol. The third-order valence-corrected chi connectivity index (χ3v) is 18.3. The van der Waals surface area contributed by atoms with Gasteiger partial charge in [-0.3, -0.25) is 13.7 Å². The van der Waals surface area contributed by atoms with Gasteiger partial charge in [0.2, 0.25) is 0 Å². The molecule has 21 atom stereocenters. The molecule has 3 N–H and O–H groups in total. The van der Waals surface area contributed by atoms with Crippen molar-refractivity contribution in [2.24, 2.45) is 23.7 Å². The Bertz CT molecular complexity index is 3100. The van der Waals surface area contributed by atoms with Crippen LogP contribution in [-0.4, -0.2) is 190 Å². The molecule has 9 rings (SSSR count). The summed E-state index contributed by atoms with van der Waals surface area (Å²) in [4.78, 5) is 0. The molecule has 3 aromatic rings. The molecule has 0 spiro atoms. The number of hydrogen-bond donors (Lipinski definition) is 3. The van der Waals surface area contributed by atoms with E-state index in [2.05, 4.69) is 5.92 Å². The van der Waals surface area contributed by atoms with Crippen molar-refractivity contribution < 1.29 is 123 Å². The number of ether oxygens (including phenoxy) is 15. The summed E-state index contributed by atoms with van der Waals surface area (Å²) in [6.07, 6.45) is -6.61. The first-order valence-electron chi connectivity index (χ1n) is 31.4. The molecule has 520 valence electrons. The molecule has 6 heterocycles. The van der Waals surface area contributed by atoms with E-state index in [4.69, 9.17) is 90.0 Å². The minimum Gasteiger partial charge on any atom is -0.373 e. The van der Waals surface area contributed by atoms with Gasteiger partial charge in [0.05, 0.1) is 103 Å². The van der Waals surface area contributed by atoms with Gasteiger partial charge in [0.25, 0.3) is 0 Å². The summed E-state index contributed by atoms with van der Waals surface area (Å²) in [5, 5.41) is 0. The largest absolute Gasteiger partial charge is 0.397 e. The summed E-state index contributed by atoms with van der Waals surface area (Å²) in [6, 6.07) is 28.6. The van der Waals surface area contributed by atoms with Crippen molar-refractivity contribution in [2.45, 2.75) is 204 Å². The Balaban J connectivity index is 0.856. The molecule has 6 saturated heterocycles. The van der Waals surface area contributed by atoms with Crippen molar-refractivity contribution in [2.75, 3.05) is 46.2 Å². The first-order valence-corrected chi connectivity index (χ1v) is 35.5. The van der Waals surface area contributed by atoms with E-state index in [0.717, 1.165) is 16.7 Å². The number of unbranched alkanes of at least 4 members (excludes halogenated alkanes) is 1. The minimum atomic E-state index is -4.99. The molecule has 93 heavy (non-hydrogen) atoms. The van der Waals surface area contributed by atoms with Gasteiger partial charge in [-0.05, 0) is 40.9 Å². The summed E-state index contributed by atoms with van der Waals surface area (Å²) >= 11 is 0. The summed E-state index contributed by atoms with van der Waals surface area (Å²) in [6.45, 7) is 6.95. The highest BCUT2D eigenvalue weighted by Crippen LogP contribution is 2.39. The molecule has 3 aromatic carbocycles. The molecule has 6 aliphatic heterocycles. The standard InChI is InChI=1S/C63H88O27S3/c1-6-7-17-24-73-55-25-40(2)61(52(85-55)37-80-91(64,65)66)89-57-29-48(75-33-45-20-13-9-14-21-45)50(35-78-57)84-60-27-42(4)63(54(87-60)39-82-93(70,71)72)90-58-30-49(76-34-46-22-15-10-16-23-46)51(36-79-58)83-59-26-41(3)62(53(86-59)38-81-92(67,68)69)88-56-28-47(43(5)31-77-56)74-32-44-18-11-8-12-19-44/h1,8-16,18-23,40-43,47-63H,7,17,24-39H2,2-5H3,(H,64,65,66)(H,67,68,69)(H,70,71,72)/t40-,41-,42-,43+,47+,48+,49+,50+,51+,52?,53?,54?,55?,56+,57+,58+,59-,60-,61-,62-,63-/m1/s1. The van der Waals surface area contributed by atoms with E-state index in [1.807, 2.05) is 119 Å². The van der Waals surface area contributed by atoms with Crippen molar-refractivity contribution in [3.05, 3.63) is 108 Å². The topological polar surface area (TPSA) is 329 Å². The van der Waals surface area contributed by atoms with Gasteiger partial charge < -0.3 is 71.1 Å². The van der Waals surface area contributed by atoms with Crippen LogP contribution in [0.15, 0.2) is 91.0 Å². The van der Waals surface area contributed by atoms with E-state index < -0.39 is 156 Å². The quantitative estimate of drug-likeness (QED) is 0.0333. The summed E-state index contributed by atoms with van der Waals surface area (Å²) in [7, 11) is -14.8. The highest BCUT2D eigenvalue weighted by Gasteiger charge is 2.49. The van der Waals surface area contributed by atoms with Gasteiger partial charge in [0, 0.05) is 50.9 Å². The Morgan fingerprint density at radius 1 is 0.419 bits per heavy atom. The van der Waals surface area contributed by atoms with Gasteiger partial charge >= 0.3 is 31.2 Å². The van der Waals surface area contributed by atoms with Gasteiger partial charge in [0.15, 0.2) is 37.7 Å². The lowest BCUT2D eigenvalue weighted by molar-refractivity contribution is -0.339. The number of benzene rings is 3. The molecule has 30 heteroatoms.